The Kier molecular flexibility index (Phi) is 5.52. The highest BCUT2D eigenvalue weighted by Crippen LogP contribution is 2.33. The van der Waals surface area contributed by atoms with Crippen LogP contribution in [0.5, 0.6) is 11.5 Å². The molecule has 0 fully saturated rings. The Balaban J connectivity index is 1.65. The van der Waals surface area contributed by atoms with E-state index in [1.165, 1.54) is 28.1 Å². The lowest BCUT2D eigenvalue weighted by atomic mass is 9.90. The zero-order chi connectivity index (χ0) is 21.4. The van der Waals surface area contributed by atoms with Crippen molar-refractivity contribution < 1.29 is 10.2 Å². The summed E-state index contributed by atoms with van der Waals surface area (Å²) >= 11 is 5.66. The molecule has 0 spiro atoms. The molecule has 2 heterocycles. The van der Waals surface area contributed by atoms with E-state index in [0.717, 1.165) is 24.1 Å². The van der Waals surface area contributed by atoms with Crippen LogP contribution in [0, 0.1) is 0 Å². The number of nitrogens with one attached hydrogen (secondary N) is 1. The Hall–Kier alpha value is -2.86. The average molecular weight is 422 g/mol. The largest absolute Gasteiger partial charge is 0.508 e. The van der Waals surface area contributed by atoms with E-state index in [1.54, 1.807) is 0 Å². The van der Waals surface area contributed by atoms with E-state index in [9.17, 15) is 10.2 Å². The van der Waals surface area contributed by atoms with Gasteiger partial charge < -0.3 is 14.8 Å². The number of phenols is 2. The number of thiocarbonyl (C=S) groups is 1. The predicted molar refractivity (Wildman–Crippen MR) is 126 cm³/mol. The predicted octanol–water partition coefficient (Wildman–Crippen LogP) is 4.91. The monoisotopic (exact) mass is 421 g/mol. The van der Waals surface area contributed by atoms with Gasteiger partial charge >= 0.3 is 0 Å². The van der Waals surface area contributed by atoms with Crippen LogP contribution >= 0.6 is 12.2 Å². The van der Waals surface area contributed by atoms with Crippen LogP contribution in [0.15, 0.2) is 41.6 Å². The Morgan fingerprint density at radius 2 is 1.87 bits per heavy atom. The number of aromatic hydroxyl groups is 2. The van der Waals surface area contributed by atoms with Crippen molar-refractivity contribution in [3.63, 3.8) is 0 Å². The van der Waals surface area contributed by atoms with Crippen LogP contribution in [-0.2, 0) is 19.9 Å². The second-order valence-electron chi connectivity index (χ2n) is 7.87. The smallest absolute Gasteiger partial charge is 0.128 e. The molecule has 0 radical (unpaired) electrons. The molecule has 1 aliphatic heterocycles. The van der Waals surface area contributed by atoms with Crippen molar-refractivity contribution in [3.8, 4) is 11.5 Å². The van der Waals surface area contributed by atoms with Crippen molar-refractivity contribution in [2.24, 2.45) is 12.1 Å². The summed E-state index contributed by atoms with van der Waals surface area (Å²) in [6.45, 7) is 4.15. The summed E-state index contributed by atoms with van der Waals surface area (Å²) in [6.07, 6.45) is 5.33. The summed E-state index contributed by atoms with van der Waals surface area (Å²) in [4.78, 5) is 0.687. The molecule has 2 aromatic carbocycles. The molecule has 0 amide bonds. The number of aromatic nitrogens is 1. The molecule has 5 nitrogen and oxygen atoms in total. The zero-order valence-electron chi connectivity index (χ0n) is 17.6. The highest BCUT2D eigenvalue weighted by atomic mass is 32.1. The van der Waals surface area contributed by atoms with Crippen LogP contribution in [-0.4, -0.2) is 25.5 Å². The van der Waals surface area contributed by atoms with Gasteiger partial charge in [0, 0.05) is 41.7 Å². The fourth-order valence-corrected chi connectivity index (χ4v) is 4.61. The van der Waals surface area contributed by atoms with Gasteiger partial charge in [0.05, 0.1) is 5.71 Å². The molecule has 156 valence electrons. The van der Waals surface area contributed by atoms with E-state index in [4.69, 9.17) is 12.2 Å². The first-order valence-corrected chi connectivity index (χ1v) is 10.8. The van der Waals surface area contributed by atoms with Gasteiger partial charge in [-0.1, -0.05) is 32.1 Å². The molecular formula is C24H27N3O2S. The minimum atomic E-state index is 0.0351. The van der Waals surface area contributed by atoms with Crippen LogP contribution < -0.4 is 5.43 Å². The molecule has 6 heteroatoms. The minimum Gasteiger partial charge on any atom is -0.508 e. The average Bonchev–Trinajstić information content (AvgIpc) is 2.93. The second-order valence-corrected chi connectivity index (χ2v) is 8.31. The minimum absolute atomic E-state index is 0.0351. The van der Waals surface area contributed by atoms with E-state index in [2.05, 4.69) is 53.5 Å². The number of benzene rings is 2. The van der Waals surface area contributed by atoms with Crippen LogP contribution in [0.25, 0.3) is 10.9 Å². The third kappa shape index (κ3) is 3.56. The number of fused-ring (bicyclic) bond motifs is 1. The third-order valence-corrected chi connectivity index (χ3v) is 6.43. The number of hydrogen-bond donors (Lipinski definition) is 3. The van der Waals surface area contributed by atoms with Crippen LogP contribution in [0.4, 0.5) is 0 Å². The number of hydrogen-bond acceptors (Lipinski definition) is 4. The van der Waals surface area contributed by atoms with Gasteiger partial charge in [0.1, 0.15) is 16.5 Å². The van der Waals surface area contributed by atoms with E-state index < -0.39 is 0 Å². The first-order valence-electron chi connectivity index (χ1n) is 10.4. The van der Waals surface area contributed by atoms with Gasteiger partial charge in [0.2, 0.25) is 0 Å². The first kappa shape index (κ1) is 20.4. The number of hydrazone groups is 1. The summed E-state index contributed by atoms with van der Waals surface area (Å²) in [6, 6.07) is 9.78. The summed E-state index contributed by atoms with van der Waals surface area (Å²) in [5, 5.41) is 26.1. The topological polar surface area (TPSA) is 69.8 Å². The van der Waals surface area contributed by atoms with Crippen molar-refractivity contribution in [3.05, 3.63) is 58.8 Å². The van der Waals surface area contributed by atoms with Crippen molar-refractivity contribution >= 4 is 33.8 Å². The van der Waals surface area contributed by atoms with Crippen LogP contribution in [0.3, 0.4) is 0 Å². The molecular weight excluding hydrogens is 394 g/mol. The highest BCUT2D eigenvalue weighted by molar-refractivity contribution is 7.80. The standard InChI is InChI=1S/C24H27N3O2S/c1-4-14-10-19(23(29)12-22(14)28)20-8-7-17(24(30)26-25-20)16-6-9-21-18(11-16)15(5-2)13-27(21)3/h6,9-13,17,28-29H,4-5,7-8H2,1-3H3,(H,26,30). The summed E-state index contributed by atoms with van der Waals surface area (Å²) in [5.41, 5.74) is 8.97. The van der Waals surface area contributed by atoms with Crippen LogP contribution in [0.1, 0.15) is 54.9 Å². The first-order chi connectivity index (χ1) is 14.4. The molecule has 1 aromatic heterocycles. The molecule has 0 saturated carbocycles. The van der Waals surface area contributed by atoms with E-state index in [0.29, 0.717) is 23.4 Å². The second kappa shape index (κ2) is 8.11. The van der Waals surface area contributed by atoms with Gasteiger partial charge in [-0.25, -0.2) is 0 Å². The van der Waals surface area contributed by atoms with Gasteiger partial charge in [0.25, 0.3) is 0 Å². The number of aryl methyl sites for hydroxylation is 3. The van der Waals surface area contributed by atoms with Crippen molar-refractivity contribution in [1.82, 2.24) is 9.99 Å². The molecule has 1 aliphatic rings. The molecule has 0 bridgehead atoms. The zero-order valence-corrected chi connectivity index (χ0v) is 18.4. The molecule has 1 unspecified atom stereocenters. The lowest BCUT2D eigenvalue weighted by Gasteiger charge is -2.16. The lowest BCUT2D eigenvalue weighted by Crippen LogP contribution is -2.21. The maximum Gasteiger partial charge on any atom is 0.128 e. The van der Waals surface area contributed by atoms with Gasteiger partial charge in [-0.3, -0.25) is 5.43 Å². The lowest BCUT2D eigenvalue weighted by molar-refractivity contribution is 0.445. The van der Waals surface area contributed by atoms with Gasteiger partial charge in [-0.2, -0.15) is 5.10 Å². The molecule has 3 aromatic rings. The Morgan fingerprint density at radius 1 is 1.10 bits per heavy atom. The normalized spacial score (nSPS) is 17.0. The summed E-state index contributed by atoms with van der Waals surface area (Å²) < 4.78 is 2.17. The fourth-order valence-electron chi connectivity index (χ4n) is 4.31. The highest BCUT2D eigenvalue weighted by Gasteiger charge is 2.24. The molecule has 0 saturated heterocycles. The number of phenolic OH excluding ortho intramolecular Hbond substituents is 2. The number of rotatable bonds is 4. The molecule has 30 heavy (non-hydrogen) atoms. The fraction of sp³-hybridized carbons (Fsp3) is 0.333. The molecule has 1 atom stereocenters. The van der Waals surface area contributed by atoms with Crippen molar-refractivity contribution in [2.45, 2.75) is 45.4 Å². The maximum absolute atomic E-state index is 10.4. The number of nitrogens with zero attached hydrogens (tertiary/aromatic N) is 2. The summed E-state index contributed by atoms with van der Waals surface area (Å²) in [7, 11) is 2.08. The van der Waals surface area contributed by atoms with E-state index >= 15 is 0 Å². The third-order valence-electron chi connectivity index (χ3n) is 6.06. The van der Waals surface area contributed by atoms with Gasteiger partial charge in [-0.05, 0) is 60.6 Å². The molecule has 4 rings (SSSR count). The quantitative estimate of drug-likeness (QED) is 0.524. The maximum atomic E-state index is 10.4. The Bertz CT molecular complexity index is 1160. The molecule has 3 N–H and O–H groups in total. The molecule has 0 aliphatic carbocycles. The van der Waals surface area contributed by atoms with Crippen LogP contribution in [0.2, 0.25) is 0 Å². The Morgan fingerprint density at radius 3 is 2.60 bits per heavy atom. The Labute approximate surface area is 182 Å². The van der Waals surface area contributed by atoms with E-state index in [1.807, 2.05) is 13.0 Å². The van der Waals surface area contributed by atoms with Gasteiger partial charge in [0.15, 0.2) is 0 Å². The van der Waals surface area contributed by atoms with E-state index in [-0.39, 0.29) is 17.4 Å². The van der Waals surface area contributed by atoms with Gasteiger partial charge in [-0.15, -0.1) is 0 Å². The van der Waals surface area contributed by atoms with Crippen molar-refractivity contribution in [1.29, 1.82) is 0 Å². The summed E-state index contributed by atoms with van der Waals surface area (Å²) in [5.74, 6) is 0.200. The SMILES string of the molecule is CCc1cc(C2=NNC(=S)C(c3ccc4c(c3)c(CC)cn4C)CC2)c(O)cc1O. The van der Waals surface area contributed by atoms with Crippen molar-refractivity contribution in [2.75, 3.05) is 0 Å².